The fourth-order valence-corrected chi connectivity index (χ4v) is 3.32. The monoisotopic (exact) mass is 419 g/mol. The van der Waals surface area contributed by atoms with Gasteiger partial charge in [-0.1, -0.05) is 30.0 Å². The number of hydrogen-bond acceptors (Lipinski definition) is 6. The lowest BCUT2D eigenvalue weighted by atomic mass is 10.2. The smallest absolute Gasteiger partial charge is 0.305 e. The highest BCUT2D eigenvalue weighted by Crippen LogP contribution is 2.22. The molecular weight excluding hydrogens is 404 g/mol. The minimum atomic E-state index is -1.07. The Morgan fingerprint density at radius 3 is 2.69 bits per heavy atom. The zero-order valence-corrected chi connectivity index (χ0v) is 15.7. The summed E-state index contributed by atoms with van der Waals surface area (Å²) in [5.41, 5.74) is 0.445. The minimum absolute atomic E-state index is 0.164. The lowest BCUT2D eigenvalue weighted by Crippen LogP contribution is -2.26. The van der Waals surface area contributed by atoms with Crippen LogP contribution in [0.25, 0.3) is 0 Å². The van der Waals surface area contributed by atoms with Crippen LogP contribution in [0.1, 0.15) is 17.5 Å². The summed E-state index contributed by atoms with van der Waals surface area (Å²) < 4.78 is 32.7. The van der Waals surface area contributed by atoms with Crippen LogP contribution < -0.4 is 10.1 Å². The van der Waals surface area contributed by atoms with Crippen molar-refractivity contribution in [3.05, 3.63) is 65.2 Å². The van der Waals surface area contributed by atoms with E-state index in [2.05, 4.69) is 15.5 Å². The molecule has 1 heterocycles. The highest BCUT2D eigenvalue weighted by molar-refractivity contribution is 8.15. The molecule has 150 valence electrons. The second-order valence-electron chi connectivity index (χ2n) is 5.90. The van der Waals surface area contributed by atoms with Crippen LogP contribution in [0.2, 0.25) is 0 Å². The molecule has 3 rings (SSSR count). The number of carboxylic acid groups (broad SMARTS) is 1. The maximum absolute atomic E-state index is 13.7. The Morgan fingerprint density at radius 2 is 1.97 bits per heavy atom. The summed E-state index contributed by atoms with van der Waals surface area (Å²) in [6, 6.07) is 10.2. The molecule has 1 fully saturated rings. The van der Waals surface area contributed by atoms with Crippen LogP contribution in [0, 0.1) is 11.6 Å². The van der Waals surface area contributed by atoms with Gasteiger partial charge in [0.05, 0.1) is 18.2 Å². The quantitative estimate of drug-likeness (QED) is 0.531. The third-order valence-electron chi connectivity index (χ3n) is 3.79. The molecule has 2 aromatic rings. The van der Waals surface area contributed by atoms with E-state index in [0.717, 1.165) is 23.9 Å². The van der Waals surface area contributed by atoms with Gasteiger partial charge in [0, 0.05) is 0 Å². The van der Waals surface area contributed by atoms with Gasteiger partial charge in [-0.25, -0.2) is 8.78 Å². The maximum Gasteiger partial charge on any atom is 0.305 e. The van der Waals surface area contributed by atoms with Crippen LogP contribution in [0.15, 0.2) is 52.7 Å². The third-order valence-corrected chi connectivity index (χ3v) is 4.87. The second kappa shape index (κ2) is 9.28. The number of thioether (sulfide) groups is 1. The standard InChI is InChI=1S/C19H15F2N3O4S/c20-14-5-2-6-15(21)13(14)10-28-12-4-1-3-11(7-12)9-22-24-19-23-18(27)16(29-19)8-17(25)26/h1-7,9,16H,8,10H2,(H,25,26)(H,23,24,27). The molecular formula is C19H15F2N3O4S. The van der Waals surface area contributed by atoms with Crippen LogP contribution in [0.3, 0.4) is 0 Å². The lowest BCUT2D eigenvalue weighted by molar-refractivity contribution is -0.138. The summed E-state index contributed by atoms with van der Waals surface area (Å²) in [5, 5.41) is 18.4. The highest BCUT2D eigenvalue weighted by Gasteiger charge is 2.32. The van der Waals surface area contributed by atoms with E-state index in [-0.39, 0.29) is 23.8 Å². The molecule has 0 aromatic heterocycles. The number of benzene rings is 2. The molecule has 1 aliphatic rings. The molecule has 29 heavy (non-hydrogen) atoms. The normalized spacial score (nSPS) is 17.7. The Labute approximate surface area is 168 Å². The average molecular weight is 419 g/mol. The number of aliphatic carboxylic acids is 1. The van der Waals surface area contributed by atoms with Gasteiger partial charge in [-0.2, -0.15) is 5.10 Å². The van der Waals surface area contributed by atoms with E-state index in [0.29, 0.717) is 11.3 Å². The number of amides is 1. The molecule has 0 bridgehead atoms. The van der Waals surface area contributed by atoms with E-state index >= 15 is 0 Å². The van der Waals surface area contributed by atoms with E-state index in [1.165, 1.54) is 12.3 Å². The molecule has 7 nitrogen and oxygen atoms in total. The summed E-state index contributed by atoms with van der Waals surface area (Å²) in [5.74, 6) is -2.49. The number of amidine groups is 1. The van der Waals surface area contributed by atoms with Crippen molar-refractivity contribution in [2.45, 2.75) is 18.3 Å². The van der Waals surface area contributed by atoms with Gasteiger partial charge in [-0.3, -0.25) is 9.59 Å². The van der Waals surface area contributed by atoms with Gasteiger partial charge < -0.3 is 15.2 Å². The van der Waals surface area contributed by atoms with Crippen molar-refractivity contribution in [3.63, 3.8) is 0 Å². The van der Waals surface area contributed by atoms with Crippen LogP contribution in [0.5, 0.6) is 5.75 Å². The van der Waals surface area contributed by atoms with Crippen molar-refractivity contribution in [1.29, 1.82) is 0 Å². The summed E-state index contributed by atoms with van der Waals surface area (Å²) in [6.45, 7) is -0.269. The summed E-state index contributed by atoms with van der Waals surface area (Å²) in [4.78, 5) is 22.3. The maximum atomic E-state index is 13.7. The lowest BCUT2D eigenvalue weighted by Gasteiger charge is -2.08. The highest BCUT2D eigenvalue weighted by atomic mass is 32.2. The molecule has 0 radical (unpaired) electrons. The van der Waals surface area contributed by atoms with E-state index in [4.69, 9.17) is 9.84 Å². The van der Waals surface area contributed by atoms with Crippen LogP contribution >= 0.6 is 11.8 Å². The molecule has 1 saturated heterocycles. The molecule has 1 unspecified atom stereocenters. The van der Waals surface area contributed by atoms with Crippen molar-refractivity contribution >= 4 is 35.0 Å². The first-order valence-electron chi connectivity index (χ1n) is 8.38. The van der Waals surface area contributed by atoms with Crippen molar-refractivity contribution in [1.82, 2.24) is 5.32 Å². The molecule has 1 atom stereocenters. The van der Waals surface area contributed by atoms with E-state index < -0.39 is 28.8 Å². The van der Waals surface area contributed by atoms with Crippen LogP contribution in [0.4, 0.5) is 8.78 Å². The summed E-state index contributed by atoms with van der Waals surface area (Å²) in [7, 11) is 0. The van der Waals surface area contributed by atoms with Gasteiger partial charge in [0.1, 0.15) is 29.2 Å². The molecule has 2 N–H and O–H groups in total. The number of nitrogens with one attached hydrogen (secondary N) is 1. The van der Waals surface area contributed by atoms with Crippen molar-refractivity contribution in [2.24, 2.45) is 10.2 Å². The number of carboxylic acids is 1. The van der Waals surface area contributed by atoms with E-state index in [1.807, 2.05) is 0 Å². The van der Waals surface area contributed by atoms with E-state index in [1.54, 1.807) is 24.3 Å². The number of halogens is 2. The predicted octanol–water partition coefficient (Wildman–Crippen LogP) is 2.94. The number of ether oxygens (including phenoxy) is 1. The fourth-order valence-electron chi connectivity index (χ4n) is 2.40. The van der Waals surface area contributed by atoms with Crippen molar-refractivity contribution in [2.75, 3.05) is 0 Å². The van der Waals surface area contributed by atoms with Gasteiger partial charge in [0.15, 0.2) is 5.17 Å². The van der Waals surface area contributed by atoms with Gasteiger partial charge >= 0.3 is 5.97 Å². The number of nitrogens with zero attached hydrogens (tertiary/aromatic N) is 2. The number of carbonyl (C=O) groups excluding carboxylic acids is 1. The zero-order valence-electron chi connectivity index (χ0n) is 14.8. The number of hydrogen-bond donors (Lipinski definition) is 2. The Balaban J connectivity index is 1.61. The Hall–Kier alpha value is -3.27. The SMILES string of the molecule is O=C(O)CC1SC(=NN=Cc2cccc(OCc3c(F)cccc3F)c2)NC1=O. The average Bonchev–Trinajstić information content (AvgIpc) is 3.00. The first-order chi connectivity index (χ1) is 13.9. The van der Waals surface area contributed by atoms with Crippen LogP contribution in [-0.4, -0.2) is 33.6 Å². The molecule has 1 aliphatic heterocycles. The van der Waals surface area contributed by atoms with Gasteiger partial charge in [0.2, 0.25) is 5.91 Å². The zero-order chi connectivity index (χ0) is 20.8. The minimum Gasteiger partial charge on any atom is -0.489 e. The second-order valence-corrected chi connectivity index (χ2v) is 7.10. The molecule has 0 saturated carbocycles. The molecule has 1 amide bonds. The van der Waals surface area contributed by atoms with E-state index in [9.17, 15) is 18.4 Å². The van der Waals surface area contributed by atoms with Gasteiger partial charge in [-0.15, -0.1) is 5.10 Å². The number of carbonyl (C=O) groups is 2. The van der Waals surface area contributed by atoms with Gasteiger partial charge in [0.25, 0.3) is 0 Å². The largest absolute Gasteiger partial charge is 0.489 e. The summed E-state index contributed by atoms with van der Waals surface area (Å²) >= 11 is 0.993. The molecule has 10 heteroatoms. The van der Waals surface area contributed by atoms with Gasteiger partial charge in [-0.05, 0) is 29.8 Å². The first kappa shape index (κ1) is 20.5. The number of rotatable bonds is 7. The van der Waals surface area contributed by atoms with Crippen molar-refractivity contribution in [3.8, 4) is 5.75 Å². The van der Waals surface area contributed by atoms with Crippen LogP contribution in [-0.2, 0) is 16.2 Å². The van der Waals surface area contributed by atoms with Crippen molar-refractivity contribution < 1.29 is 28.2 Å². The Morgan fingerprint density at radius 1 is 1.24 bits per heavy atom. The fraction of sp³-hybridized carbons (Fsp3) is 0.158. The predicted molar refractivity (Wildman–Crippen MR) is 104 cm³/mol. The molecule has 2 aromatic carbocycles. The first-order valence-corrected chi connectivity index (χ1v) is 9.26. The Bertz CT molecular complexity index is 977. The topological polar surface area (TPSA) is 100 Å². The third kappa shape index (κ3) is 5.61. The summed E-state index contributed by atoms with van der Waals surface area (Å²) in [6.07, 6.45) is 1.10. The Kier molecular flexibility index (Phi) is 6.55. The molecule has 0 spiro atoms. The molecule has 0 aliphatic carbocycles.